The Balaban J connectivity index is 1.45. The number of anilines is 4. The van der Waals surface area contributed by atoms with Gasteiger partial charge in [-0.25, -0.2) is 17.6 Å². The van der Waals surface area contributed by atoms with E-state index in [0.717, 1.165) is 0 Å². The summed E-state index contributed by atoms with van der Waals surface area (Å²) in [7, 11) is 1.92. The van der Waals surface area contributed by atoms with Crippen molar-refractivity contribution in [2.45, 2.75) is 6.92 Å². The summed E-state index contributed by atoms with van der Waals surface area (Å²) in [6.45, 7) is 3.29. The number of rotatable bonds is 5. The molecule has 6 nitrogen and oxygen atoms in total. The predicted octanol–water partition coefficient (Wildman–Crippen LogP) is 5.36. The van der Waals surface area contributed by atoms with Crippen molar-refractivity contribution >= 4 is 46.0 Å². The normalized spacial score (nSPS) is 13.8. The highest BCUT2D eigenvalue weighted by atomic mass is 32.1. The first-order valence-electron chi connectivity index (χ1n) is 11.5. The van der Waals surface area contributed by atoms with Crippen LogP contribution in [0.2, 0.25) is 0 Å². The van der Waals surface area contributed by atoms with Crippen LogP contribution < -0.4 is 20.9 Å². The smallest absolute Gasteiger partial charge is 0.258 e. The molecule has 1 heterocycles. The van der Waals surface area contributed by atoms with E-state index in [0.29, 0.717) is 37.6 Å². The molecule has 0 aliphatic carbocycles. The summed E-state index contributed by atoms with van der Waals surface area (Å²) in [5, 5.41) is 7.79. The van der Waals surface area contributed by atoms with Crippen molar-refractivity contribution in [1.29, 1.82) is 0 Å². The highest BCUT2D eigenvalue weighted by molar-refractivity contribution is 7.80. The quantitative estimate of drug-likeness (QED) is 0.304. The van der Waals surface area contributed by atoms with Crippen molar-refractivity contribution < 1.29 is 22.4 Å². The molecule has 0 saturated carbocycles. The third-order valence-corrected chi connectivity index (χ3v) is 6.29. The Hall–Kier alpha value is -3.70. The monoisotopic (exact) mass is 531 g/mol. The first-order valence-corrected chi connectivity index (χ1v) is 11.9. The van der Waals surface area contributed by atoms with Crippen LogP contribution >= 0.6 is 12.2 Å². The van der Waals surface area contributed by atoms with Gasteiger partial charge in [-0.3, -0.25) is 4.79 Å². The highest BCUT2D eigenvalue weighted by Gasteiger charge is 2.28. The van der Waals surface area contributed by atoms with Gasteiger partial charge in [0.25, 0.3) is 5.91 Å². The minimum Gasteiger partial charge on any atom is -0.364 e. The molecular formula is C26H25F4N5OS. The van der Waals surface area contributed by atoms with Crippen LogP contribution in [0.1, 0.15) is 15.9 Å². The number of likely N-dealkylation sites (N-methyl/N-ethyl adjacent to an activating group) is 1. The number of amides is 1. The minimum absolute atomic E-state index is 0.0929. The van der Waals surface area contributed by atoms with Gasteiger partial charge in [0.1, 0.15) is 17.2 Å². The van der Waals surface area contributed by atoms with Gasteiger partial charge in [0.05, 0.1) is 5.56 Å². The van der Waals surface area contributed by atoms with E-state index in [1.165, 1.54) is 25.1 Å². The Bertz CT molecular complexity index is 1330. The van der Waals surface area contributed by atoms with Crippen LogP contribution in [0.3, 0.4) is 0 Å². The molecular weight excluding hydrogens is 506 g/mol. The Morgan fingerprint density at radius 3 is 2.03 bits per heavy atom. The molecule has 4 rings (SSSR count). The number of nitrogens with one attached hydrogen (secondary N) is 3. The third kappa shape index (κ3) is 5.83. The second-order valence-electron chi connectivity index (χ2n) is 8.67. The topological polar surface area (TPSA) is 59.6 Å². The zero-order chi connectivity index (χ0) is 26.7. The number of hydrogen-bond acceptors (Lipinski definition) is 4. The standard InChI is InChI=1S/C26H25F4N5OS/c1-15-20(28)23(22(30)24(21(15)29)35-13-11-34(2)12-14-35)33-26(37)32-17-9-7-16(8-10-17)31-25(36)18-5-3-4-6-19(18)27/h3-10H,11-14H2,1-2H3,(H,31,36)(H2,32,33,37). The predicted molar refractivity (Wildman–Crippen MR) is 141 cm³/mol. The molecule has 0 bridgehead atoms. The van der Waals surface area contributed by atoms with Crippen molar-refractivity contribution in [3.05, 3.63) is 82.9 Å². The van der Waals surface area contributed by atoms with E-state index < -0.39 is 34.9 Å². The second-order valence-corrected chi connectivity index (χ2v) is 9.08. The molecule has 0 unspecified atom stereocenters. The average Bonchev–Trinajstić information content (AvgIpc) is 2.88. The molecule has 1 amide bonds. The van der Waals surface area contributed by atoms with E-state index >= 15 is 4.39 Å². The summed E-state index contributed by atoms with van der Waals surface area (Å²) in [6.07, 6.45) is 0. The summed E-state index contributed by atoms with van der Waals surface area (Å²) in [6, 6.07) is 11.9. The number of thiocarbonyl (C=S) groups is 1. The van der Waals surface area contributed by atoms with Gasteiger partial charge in [0.15, 0.2) is 22.6 Å². The largest absolute Gasteiger partial charge is 0.364 e. The number of halogens is 4. The molecule has 0 atom stereocenters. The van der Waals surface area contributed by atoms with E-state index in [9.17, 15) is 18.0 Å². The number of carbonyl (C=O) groups excluding carboxylic acids is 1. The second kappa shape index (κ2) is 11.1. The van der Waals surface area contributed by atoms with E-state index in [-0.39, 0.29) is 21.9 Å². The van der Waals surface area contributed by atoms with E-state index in [1.54, 1.807) is 35.2 Å². The molecule has 0 spiro atoms. The average molecular weight is 532 g/mol. The molecule has 3 aromatic carbocycles. The van der Waals surface area contributed by atoms with Gasteiger partial charge in [-0.2, -0.15) is 0 Å². The number of carbonyl (C=O) groups is 1. The highest BCUT2D eigenvalue weighted by Crippen LogP contribution is 2.35. The van der Waals surface area contributed by atoms with Crippen LogP contribution in [0.25, 0.3) is 0 Å². The number of piperazine rings is 1. The summed E-state index contributed by atoms with van der Waals surface area (Å²) in [4.78, 5) is 15.9. The fourth-order valence-corrected chi connectivity index (χ4v) is 4.17. The first-order chi connectivity index (χ1) is 17.7. The van der Waals surface area contributed by atoms with E-state index in [1.807, 2.05) is 11.9 Å². The van der Waals surface area contributed by atoms with Crippen LogP contribution in [0, 0.1) is 30.2 Å². The molecule has 37 heavy (non-hydrogen) atoms. The van der Waals surface area contributed by atoms with Crippen molar-refractivity contribution in [3.63, 3.8) is 0 Å². The fourth-order valence-electron chi connectivity index (χ4n) is 3.95. The minimum atomic E-state index is -1.07. The molecule has 11 heteroatoms. The van der Waals surface area contributed by atoms with Crippen molar-refractivity contribution in [2.75, 3.05) is 54.1 Å². The third-order valence-electron chi connectivity index (χ3n) is 6.09. The van der Waals surface area contributed by atoms with Gasteiger partial charge in [-0.15, -0.1) is 0 Å². The van der Waals surface area contributed by atoms with E-state index in [4.69, 9.17) is 12.2 Å². The number of hydrogen-bond donors (Lipinski definition) is 3. The van der Waals surface area contributed by atoms with E-state index in [2.05, 4.69) is 16.0 Å². The number of nitrogens with zero attached hydrogens (tertiary/aromatic N) is 2. The first kappa shape index (κ1) is 26.4. The van der Waals surface area contributed by atoms with Gasteiger partial charge in [-0.05, 0) is 62.6 Å². The lowest BCUT2D eigenvalue weighted by Crippen LogP contribution is -2.45. The summed E-state index contributed by atoms with van der Waals surface area (Å²) < 4.78 is 58.9. The van der Waals surface area contributed by atoms with Gasteiger partial charge in [-0.1, -0.05) is 12.1 Å². The van der Waals surface area contributed by atoms with Crippen molar-refractivity contribution in [3.8, 4) is 0 Å². The zero-order valence-electron chi connectivity index (χ0n) is 20.2. The summed E-state index contributed by atoms with van der Waals surface area (Å²) in [5.41, 5.74) is -0.368. The molecule has 1 fully saturated rings. The summed E-state index contributed by atoms with van der Waals surface area (Å²) in [5.74, 6) is -4.30. The van der Waals surface area contributed by atoms with Gasteiger partial charge in [0.2, 0.25) is 0 Å². The fraction of sp³-hybridized carbons (Fsp3) is 0.231. The van der Waals surface area contributed by atoms with Crippen LogP contribution in [-0.2, 0) is 0 Å². The Labute approximate surface area is 217 Å². The number of benzene rings is 3. The Morgan fingerprint density at radius 1 is 0.811 bits per heavy atom. The van der Waals surface area contributed by atoms with Gasteiger partial charge in [0, 0.05) is 43.1 Å². The summed E-state index contributed by atoms with van der Waals surface area (Å²) >= 11 is 5.23. The molecule has 1 aliphatic heterocycles. The maximum Gasteiger partial charge on any atom is 0.258 e. The van der Waals surface area contributed by atoms with Crippen LogP contribution in [0.4, 0.5) is 40.3 Å². The molecule has 3 aromatic rings. The van der Waals surface area contributed by atoms with Gasteiger partial charge < -0.3 is 25.8 Å². The molecule has 194 valence electrons. The molecule has 1 saturated heterocycles. The molecule has 0 aromatic heterocycles. The zero-order valence-corrected chi connectivity index (χ0v) is 21.0. The maximum absolute atomic E-state index is 15.3. The van der Waals surface area contributed by atoms with Crippen molar-refractivity contribution in [2.24, 2.45) is 0 Å². The Kier molecular flexibility index (Phi) is 7.94. The lowest BCUT2D eigenvalue weighted by molar-refractivity contribution is 0.102. The van der Waals surface area contributed by atoms with Crippen molar-refractivity contribution in [1.82, 2.24) is 4.90 Å². The van der Waals surface area contributed by atoms with Crippen LogP contribution in [-0.4, -0.2) is 49.1 Å². The molecule has 1 aliphatic rings. The van der Waals surface area contributed by atoms with Gasteiger partial charge >= 0.3 is 0 Å². The molecule has 3 N–H and O–H groups in total. The lowest BCUT2D eigenvalue weighted by atomic mass is 10.1. The molecule has 0 radical (unpaired) electrons. The lowest BCUT2D eigenvalue weighted by Gasteiger charge is -2.35. The van der Waals surface area contributed by atoms with Crippen LogP contribution in [0.15, 0.2) is 48.5 Å². The maximum atomic E-state index is 15.3. The Morgan fingerprint density at radius 2 is 1.41 bits per heavy atom. The SMILES string of the molecule is Cc1c(F)c(NC(=S)Nc2ccc(NC(=O)c3ccccc3F)cc2)c(F)c(N2CCN(C)CC2)c1F. The van der Waals surface area contributed by atoms with Crippen LogP contribution in [0.5, 0.6) is 0 Å².